The van der Waals surface area contributed by atoms with Gasteiger partial charge in [-0.1, -0.05) is 36.4 Å². The monoisotopic (exact) mass is 318 g/mol. The first-order chi connectivity index (χ1) is 10.4. The second-order valence-electron chi connectivity index (χ2n) is 4.97. The molecule has 22 heavy (non-hydrogen) atoms. The fraction of sp³-hybridized carbons (Fsp3) is 0.188. The molecular formula is C16H18N2O3S. The van der Waals surface area contributed by atoms with Crippen LogP contribution in [0.5, 0.6) is 0 Å². The maximum Gasteiger partial charge on any atom is 0.245 e. The van der Waals surface area contributed by atoms with Crippen LogP contribution in [-0.4, -0.2) is 27.1 Å². The molecule has 2 aromatic carbocycles. The summed E-state index contributed by atoms with van der Waals surface area (Å²) in [7, 11) is -3.54. The molecule has 0 aliphatic carbocycles. The molecule has 1 amide bonds. The quantitative estimate of drug-likeness (QED) is 0.920. The topological polar surface area (TPSA) is 66.5 Å². The molecule has 2 aromatic rings. The van der Waals surface area contributed by atoms with E-state index in [1.165, 1.54) is 0 Å². The number of carbonyl (C=O) groups excluding carboxylic acids is 1. The lowest BCUT2D eigenvalue weighted by atomic mass is 10.2. The number of hydrogen-bond acceptors (Lipinski definition) is 3. The largest absolute Gasteiger partial charge is 0.324 e. The smallest absolute Gasteiger partial charge is 0.245 e. The van der Waals surface area contributed by atoms with Crippen LogP contribution in [0.15, 0.2) is 54.6 Å². The average molecular weight is 318 g/mol. The Labute approximate surface area is 130 Å². The zero-order valence-electron chi connectivity index (χ0n) is 12.5. The number of aryl methyl sites for hydroxylation is 1. The van der Waals surface area contributed by atoms with Crippen molar-refractivity contribution >= 4 is 27.3 Å². The van der Waals surface area contributed by atoms with Crippen LogP contribution in [0.25, 0.3) is 0 Å². The number of benzene rings is 2. The molecule has 116 valence electrons. The van der Waals surface area contributed by atoms with Crippen molar-refractivity contribution in [1.29, 1.82) is 0 Å². The number of nitrogens with zero attached hydrogens (tertiary/aromatic N) is 1. The van der Waals surface area contributed by atoms with Gasteiger partial charge in [0, 0.05) is 5.69 Å². The highest BCUT2D eigenvalue weighted by molar-refractivity contribution is 7.92. The molecule has 0 unspecified atom stereocenters. The molecule has 0 heterocycles. The highest BCUT2D eigenvalue weighted by Gasteiger charge is 2.20. The van der Waals surface area contributed by atoms with Crippen LogP contribution < -0.4 is 9.62 Å². The Morgan fingerprint density at radius 3 is 2.23 bits per heavy atom. The summed E-state index contributed by atoms with van der Waals surface area (Å²) in [5.41, 5.74) is 2.06. The van der Waals surface area contributed by atoms with E-state index < -0.39 is 10.0 Å². The predicted octanol–water partition coefficient (Wildman–Crippen LogP) is 2.40. The van der Waals surface area contributed by atoms with Gasteiger partial charge in [0.15, 0.2) is 0 Å². The second kappa shape index (κ2) is 6.62. The van der Waals surface area contributed by atoms with Crippen molar-refractivity contribution in [3.63, 3.8) is 0 Å². The van der Waals surface area contributed by atoms with Crippen LogP contribution >= 0.6 is 0 Å². The molecule has 6 heteroatoms. The summed E-state index contributed by atoms with van der Waals surface area (Å²) in [6.07, 6.45) is 1.08. The molecule has 0 spiro atoms. The number of para-hydroxylation sites is 2. The van der Waals surface area contributed by atoms with Crippen molar-refractivity contribution in [1.82, 2.24) is 0 Å². The van der Waals surface area contributed by atoms with E-state index >= 15 is 0 Å². The van der Waals surface area contributed by atoms with E-state index in [4.69, 9.17) is 0 Å². The third kappa shape index (κ3) is 4.08. The van der Waals surface area contributed by atoms with Gasteiger partial charge in [-0.25, -0.2) is 8.42 Å². The molecule has 5 nitrogen and oxygen atoms in total. The van der Waals surface area contributed by atoms with Gasteiger partial charge in [-0.3, -0.25) is 9.10 Å². The number of rotatable bonds is 5. The van der Waals surface area contributed by atoms with E-state index in [-0.39, 0.29) is 12.5 Å². The summed E-state index contributed by atoms with van der Waals surface area (Å²) >= 11 is 0. The summed E-state index contributed by atoms with van der Waals surface area (Å²) in [5, 5.41) is 2.74. The highest BCUT2D eigenvalue weighted by Crippen LogP contribution is 2.17. The van der Waals surface area contributed by atoms with Crippen molar-refractivity contribution < 1.29 is 13.2 Å². The Hall–Kier alpha value is -2.34. The minimum Gasteiger partial charge on any atom is -0.324 e. The number of hydrogen-bond donors (Lipinski definition) is 1. The normalized spacial score (nSPS) is 11.0. The molecule has 0 aliphatic rings. The van der Waals surface area contributed by atoms with Gasteiger partial charge in [-0.05, 0) is 30.7 Å². The van der Waals surface area contributed by atoms with Gasteiger partial charge in [0.2, 0.25) is 15.9 Å². The standard InChI is InChI=1S/C16H18N2O3S/c1-13-8-6-7-11-15(13)17-16(19)12-18(22(2,20)21)14-9-4-3-5-10-14/h3-11H,12H2,1-2H3,(H,17,19). The predicted molar refractivity (Wildman–Crippen MR) is 88.4 cm³/mol. The summed E-state index contributed by atoms with van der Waals surface area (Å²) in [5.74, 6) is -0.386. The van der Waals surface area contributed by atoms with Crippen molar-refractivity contribution in [3.05, 3.63) is 60.2 Å². The van der Waals surface area contributed by atoms with Crippen LogP contribution in [0.4, 0.5) is 11.4 Å². The maximum atomic E-state index is 12.2. The van der Waals surface area contributed by atoms with Gasteiger partial charge in [-0.15, -0.1) is 0 Å². The Bertz CT molecular complexity index is 758. The van der Waals surface area contributed by atoms with E-state index in [9.17, 15) is 13.2 Å². The fourth-order valence-corrected chi connectivity index (χ4v) is 2.88. The highest BCUT2D eigenvalue weighted by atomic mass is 32.2. The summed E-state index contributed by atoms with van der Waals surface area (Å²) in [4.78, 5) is 12.2. The zero-order chi connectivity index (χ0) is 16.2. The van der Waals surface area contributed by atoms with E-state index in [0.717, 1.165) is 16.1 Å². The van der Waals surface area contributed by atoms with Crippen LogP contribution in [0.1, 0.15) is 5.56 Å². The van der Waals surface area contributed by atoms with Crippen molar-refractivity contribution in [3.8, 4) is 0 Å². The third-order valence-corrected chi connectivity index (χ3v) is 4.29. The van der Waals surface area contributed by atoms with Gasteiger partial charge >= 0.3 is 0 Å². The summed E-state index contributed by atoms with van der Waals surface area (Å²) in [6, 6.07) is 15.9. The first-order valence-electron chi connectivity index (χ1n) is 6.76. The number of sulfonamides is 1. The number of carbonyl (C=O) groups is 1. The van der Waals surface area contributed by atoms with Crippen LogP contribution in [0.2, 0.25) is 0 Å². The molecule has 1 N–H and O–H groups in total. The molecule has 0 atom stereocenters. The van der Waals surface area contributed by atoms with Gasteiger partial charge < -0.3 is 5.32 Å². The van der Waals surface area contributed by atoms with Crippen molar-refractivity contribution in [2.45, 2.75) is 6.92 Å². The Morgan fingerprint density at radius 1 is 1.05 bits per heavy atom. The molecule has 0 aliphatic heterocycles. The van der Waals surface area contributed by atoms with Crippen molar-refractivity contribution in [2.75, 3.05) is 22.4 Å². The molecule has 0 saturated carbocycles. The van der Waals surface area contributed by atoms with Crippen LogP contribution in [0.3, 0.4) is 0 Å². The lowest BCUT2D eigenvalue weighted by Gasteiger charge is -2.22. The summed E-state index contributed by atoms with van der Waals surface area (Å²) < 4.78 is 24.9. The van der Waals surface area contributed by atoms with Gasteiger partial charge in [0.1, 0.15) is 6.54 Å². The zero-order valence-corrected chi connectivity index (χ0v) is 13.3. The van der Waals surface area contributed by atoms with Crippen LogP contribution in [0, 0.1) is 6.92 Å². The first kappa shape index (κ1) is 16.0. The molecule has 0 saturated heterocycles. The second-order valence-corrected chi connectivity index (χ2v) is 6.88. The molecule has 2 rings (SSSR count). The van der Waals surface area contributed by atoms with Crippen LogP contribution in [-0.2, 0) is 14.8 Å². The Kier molecular flexibility index (Phi) is 4.82. The van der Waals surface area contributed by atoms with E-state index in [2.05, 4.69) is 5.32 Å². The van der Waals surface area contributed by atoms with E-state index in [1.54, 1.807) is 36.4 Å². The Balaban J connectivity index is 2.18. The summed E-state index contributed by atoms with van der Waals surface area (Å²) in [6.45, 7) is 1.61. The number of amides is 1. The maximum absolute atomic E-state index is 12.2. The van der Waals surface area contributed by atoms with Gasteiger partial charge in [0.25, 0.3) is 0 Å². The SMILES string of the molecule is Cc1ccccc1NC(=O)CN(c1ccccc1)S(C)(=O)=O. The lowest BCUT2D eigenvalue weighted by molar-refractivity contribution is -0.114. The van der Waals surface area contributed by atoms with E-state index in [1.807, 2.05) is 25.1 Å². The molecule has 0 fully saturated rings. The fourth-order valence-electron chi connectivity index (χ4n) is 2.03. The number of anilines is 2. The Morgan fingerprint density at radius 2 is 1.64 bits per heavy atom. The number of nitrogens with one attached hydrogen (secondary N) is 1. The van der Waals surface area contributed by atoms with E-state index in [0.29, 0.717) is 11.4 Å². The average Bonchev–Trinajstić information content (AvgIpc) is 2.47. The molecule has 0 aromatic heterocycles. The lowest BCUT2D eigenvalue weighted by Crippen LogP contribution is -2.37. The minimum absolute atomic E-state index is 0.267. The first-order valence-corrected chi connectivity index (χ1v) is 8.61. The van der Waals surface area contributed by atoms with Gasteiger partial charge in [-0.2, -0.15) is 0 Å². The molecule has 0 bridgehead atoms. The van der Waals surface area contributed by atoms with Crippen molar-refractivity contribution in [2.24, 2.45) is 0 Å². The molecule has 0 radical (unpaired) electrons. The van der Waals surface area contributed by atoms with Gasteiger partial charge in [0.05, 0.1) is 11.9 Å². The third-order valence-electron chi connectivity index (χ3n) is 3.15. The molecular weight excluding hydrogens is 300 g/mol. The minimum atomic E-state index is -3.54.